The molecule has 2 rings (SSSR count). The van der Waals surface area contributed by atoms with E-state index < -0.39 is 26.4 Å². The van der Waals surface area contributed by atoms with E-state index in [9.17, 15) is 23.6 Å². The second kappa shape index (κ2) is 6.95. The fourth-order valence-corrected chi connectivity index (χ4v) is 2.60. The number of rotatable bonds is 5. The Labute approximate surface area is 142 Å². The molecule has 2 aromatic carbocycles. The van der Waals surface area contributed by atoms with Crippen molar-refractivity contribution in [2.24, 2.45) is 10.1 Å². The zero-order chi connectivity index (χ0) is 17.9. The van der Waals surface area contributed by atoms with E-state index in [1.807, 2.05) is 0 Å². The molecule has 2 aromatic rings. The summed E-state index contributed by atoms with van der Waals surface area (Å²) < 4.78 is 22.3. The van der Waals surface area contributed by atoms with Gasteiger partial charge in [-0.1, -0.05) is 23.7 Å². The lowest BCUT2D eigenvalue weighted by Crippen LogP contribution is -2.11. The molecule has 0 fully saturated rings. The molecular weight excluding hydrogens is 358 g/mol. The fraction of sp³-hybridized carbons (Fsp3) is 0.0714. The van der Waals surface area contributed by atoms with Crippen molar-refractivity contribution >= 4 is 33.5 Å². The molecule has 0 saturated heterocycles. The van der Waals surface area contributed by atoms with E-state index in [4.69, 9.17) is 16.7 Å². The molecule has 0 heterocycles. The number of hydrogen-bond acceptors (Lipinski definition) is 6. The quantitative estimate of drug-likeness (QED) is 0.485. The van der Waals surface area contributed by atoms with E-state index in [1.165, 1.54) is 36.5 Å². The van der Waals surface area contributed by atoms with Gasteiger partial charge in [0.15, 0.2) is 0 Å². The minimum absolute atomic E-state index is 0.00430. The minimum atomic E-state index is -3.76. The van der Waals surface area contributed by atoms with Crippen molar-refractivity contribution in [2.75, 3.05) is 0 Å². The van der Waals surface area contributed by atoms with Crippen LogP contribution in [0.15, 0.2) is 46.3 Å². The van der Waals surface area contributed by atoms with Crippen molar-refractivity contribution in [3.63, 3.8) is 0 Å². The van der Waals surface area contributed by atoms with Gasteiger partial charge in [0, 0.05) is 17.3 Å². The van der Waals surface area contributed by atoms with Crippen molar-refractivity contribution in [1.82, 2.24) is 0 Å². The van der Waals surface area contributed by atoms with Crippen molar-refractivity contribution in [3.8, 4) is 5.75 Å². The fourth-order valence-electron chi connectivity index (χ4n) is 1.87. The van der Waals surface area contributed by atoms with Gasteiger partial charge in [0.25, 0.3) is 5.69 Å². The summed E-state index contributed by atoms with van der Waals surface area (Å²) in [4.78, 5) is 14.0. The van der Waals surface area contributed by atoms with Gasteiger partial charge in [0.05, 0.1) is 16.4 Å². The molecule has 0 spiro atoms. The molecule has 0 bridgehead atoms. The first kappa shape index (κ1) is 17.9. The van der Waals surface area contributed by atoms with E-state index in [-0.39, 0.29) is 22.0 Å². The zero-order valence-electron chi connectivity index (χ0n) is 12.0. The first-order valence-electron chi connectivity index (χ1n) is 6.45. The van der Waals surface area contributed by atoms with Crippen LogP contribution < -0.4 is 10.2 Å². The third-order valence-corrected chi connectivity index (χ3v) is 4.16. The van der Waals surface area contributed by atoms with Gasteiger partial charge in [-0.3, -0.25) is 15.1 Å². The number of benzene rings is 2. The number of hydrogen-bond donors (Lipinski definition) is 1. The molecule has 0 saturated carbocycles. The smallest absolute Gasteiger partial charge is 0.263 e. The van der Waals surface area contributed by atoms with Crippen LogP contribution in [-0.4, -0.2) is 19.6 Å². The van der Waals surface area contributed by atoms with Gasteiger partial charge in [-0.25, -0.2) is 13.6 Å². The number of nitrogens with two attached hydrogens (primary N) is 1. The van der Waals surface area contributed by atoms with Gasteiger partial charge in [0.1, 0.15) is 0 Å². The normalized spacial score (nSPS) is 11.8. The summed E-state index contributed by atoms with van der Waals surface area (Å²) in [6.45, 7) is 0.144. The molecule has 0 aromatic heterocycles. The highest BCUT2D eigenvalue weighted by Crippen LogP contribution is 2.30. The Morgan fingerprint density at radius 2 is 1.88 bits per heavy atom. The maximum Gasteiger partial charge on any atom is 0.263 e. The molecule has 0 atom stereocenters. The second-order valence-corrected chi connectivity index (χ2v) is 6.76. The average Bonchev–Trinajstić information content (AvgIpc) is 2.49. The SMILES string of the molecule is NS(=O)(=O)c1ccc(CN=Cc2cc(Cl)cc([N+](=O)[O-])c2[O-])cc1. The third-order valence-electron chi connectivity index (χ3n) is 3.02. The standard InChI is InChI=1S/C14H12ClN3O5S/c15-11-5-10(14(19)13(6-11)18(20)21)8-17-7-9-1-3-12(4-2-9)24(16,22)23/h1-6,8,19H,7H2,(H2,16,22,23)/p-1. The molecule has 0 radical (unpaired) electrons. The highest BCUT2D eigenvalue weighted by atomic mass is 35.5. The summed E-state index contributed by atoms with van der Waals surface area (Å²) in [7, 11) is -3.76. The Balaban J connectivity index is 2.19. The largest absolute Gasteiger partial charge is 0.867 e. The topological polar surface area (TPSA) is 139 Å². The third kappa shape index (κ3) is 4.28. The van der Waals surface area contributed by atoms with Crippen molar-refractivity contribution in [2.45, 2.75) is 11.4 Å². The summed E-state index contributed by atoms with van der Waals surface area (Å²) in [6.07, 6.45) is 1.19. The minimum Gasteiger partial charge on any atom is -0.867 e. The van der Waals surface area contributed by atoms with Gasteiger partial charge >= 0.3 is 0 Å². The lowest BCUT2D eigenvalue weighted by atomic mass is 10.2. The van der Waals surface area contributed by atoms with Crippen molar-refractivity contribution in [3.05, 3.63) is 62.7 Å². The Kier molecular flexibility index (Phi) is 5.17. The van der Waals surface area contributed by atoms with E-state index in [1.54, 1.807) is 0 Å². The van der Waals surface area contributed by atoms with Crippen LogP contribution in [-0.2, 0) is 16.6 Å². The summed E-state index contributed by atoms with van der Waals surface area (Å²) >= 11 is 5.75. The summed E-state index contributed by atoms with van der Waals surface area (Å²) in [5.74, 6) is -0.780. The van der Waals surface area contributed by atoms with E-state index >= 15 is 0 Å². The maximum absolute atomic E-state index is 11.9. The Hall–Kier alpha value is -2.49. The van der Waals surface area contributed by atoms with Gasteiger partial charge in [-0.15, -0.1) is 0 Å². The number of aliphatic imine (C=N–C) groups is 1. The zero-order valence-corrected chi connectivity index (χ0v) is 13.6. The van der Waals surface area contributed by atoms with E-state index in [2.05, 4.69) is 4.99 Å². The molecule has 10 heteroatoms. The van der Waals surface area contributed by atoms with Crippen LogP contribution in [0, 0.1) is 10.1 Å². The van der Waals surface area contributed by atoms with Gasteiger partial charge in [-0.2, -0.15) is 0 Å². The highest BCUT2D eigenvalue weighted by molar-refractivity contribution is 7.89. The Morgan fingerprint density at radius 1 is 1.25 bits per heavy atom. The van der Waals surface area contributed by atoms with Crippen LogP contribution in [0.3, 0.4) is 0 Å². The number of nitrogens with zero attached hydrogens (tertiary/aromatic N) is 2. The van der Waals surface area contributed by atoms with Crippen molar-refractivity contribution < 1.29 is 18.4 Å². The summed E-state index contributed by atoms with van der Waals surface area (Å²) in [6, 6.07) is 7.98. The predicted octanol–water partition coefficient (Wildman–Crippen LogP) is 1.59. The molecule has 0 unspecified atom stereocenters. The summed E-state index contributed by atoms with van der Waals surface area (Å²) in [5.41, 5.74) is 0.0411. The number of nitro groups is 1. The summed E-state index contributed by atoms with van der Waals surface area (Å²) in [5, 5.41) is 27.7. The van der Waals surface area contributed by atoms with Crippen LogP contribution in [0.2, 0.25) is 5.02 Å². The number of nitro benzene ring substituents is 1. The Morgan fingerprint density at radius 3 is 2.42 bits per heavy atom. The lowest BCUT2D eigenvalue weighted by Gasteiger charge is -2.10. The molecule has 8 nitrogen and oxygen atoms in total. The molecule has 2 N–H and O–H groups in total. The monoisotopic (exact) mass is 368 g/mol. The van der Waals surface area contributed by atoms with Gasteiger partial charge < -0.3 is 5.11 Å². The van der Waals surface area contributed by atoms with E-state index in [0.29, 0.717) is 5.56 Å². The molecule has 24 heavy (non-hydrogen) atoms. The molecular formula is C14H11ClN3O5S-. The maximum atomic E-state index is 11.9. The number of halogens is 1. The molecule has 0 aliphatic carbocycles. The van der Waals surface area contributed by atoms with Crippen LogP contribution in [0.5, 0.6) is 5.75 Å². The Bertz CT molecular complexity index is 911. The molecule has 0 aliphatic rings. The van der Waals surface area contributed by atoms with Gasteiger partial charge in [0.2, 0.25) is 10.0 Å². The van der Waals surface area contributed by atoms with Crippen LogP contribution in [0.1, 0.15) is 11.1 Å². The molecule has 0 aliphatic heterocycles. The molecule has 0 amide bonds. The number of primary sulfonamides is 1. The average molecular weight is 369 g/mol. The number of sulfonamides is 1. The predicted molar refractivity (Wildman–Crippen MR) is 86.7 cm³/mol. The first-order chi connectivity index (χ1) is 11.2. The van der Waals surface area contributed by atoms with Crippen LogP contribution in [0.25, 0.3) is 0 Å². The highest BCUT2D eigenvalue weighted by Gasteiger charge is 2.11. The second-order valence-electron chi connectivity index (χ2n) is 4.76. The van der Waals surface area contributed by atoms with Crippen LogP contribution >= 0.6 is 11.6 Å². The first-order valence-corrected chi connectivity index (χ1v) is 8.37. The van der Waals surface area contributed by atoms with Crippen molar-refractivity contribution in [1.29, 1.82) is 0 Å². The molecule has 126 valence electrons. The van der Waals surface area contributed by atoms with Gasteiger partial charge in [-0.05, 0) is 35.1 Å². The lowest BCUT2D eigenvalue weighted by molar-refractivity contribution is -0.398. The van der Waals surface area contributed by atoms with Crippen LogP contribution in [0.4, 0.5) is 5.69 Å². The van der Waals surface area contributed by atoms with E-state index in [0.717, 1.165) is 6.07 Å².